The molecule has 1 aromatic heterocycles. The van der Waals surface area contributed by atoms with Crippen molar-refractivity contribution in [3.05, 3.63) is 22.2 Å². The molecule has 0 aliphatic carbocycles. The minimum atomic E-state index is -0.0652. The number of nitrogens with zero attached hydrogens (tertiary/aromatic N) is 2. The molecule has 0 unspecified atom stereocenters. The Morgan fingerprint density at radius 2 is 2.23 bits per heavy atom. The number of aryl methyl sites for hydroxylation is 1. The van der Waals surface area contributed by atoms with Crippen LogP contribution < -0.4 is 5.32 Å². The molecule has 22 heavy (non-hydrogen) atoms. The molecule has 0 spiro atoms. The molecule has 1 atom stereocenters. The molecule has 2 rings (SSSR count). The largest absolute Gasteiger partial charge is 0.379 e. The van der Waals surface area contributed by atoms with E-state index in [1.807, 2.05) is 12.3 Å². The van der Waals surface area contributed by atoms with Gasteiger partial charge in [-0.25, -0.2) is 4.98 Å². The maximum atomic E-state index is 12.0. The van der Waals surface area contributed by atoms with Crippen molar-refractivity contribution in [3.63, 3.8) is 0 Å². The Balaban J connectivity index is 1.83. The summed E-state index contributed by atoms with van der Waals surface area (Å²) in [7, 11) is 0. The standard InChI is InChI=1S/C16H25N3O2S/c1-12(2)15(19-6-8-21-9-7-19)10-17-16(20)5-4-14-11-22-13(3)18-14/h4-5,11-12,15H,6-10H2,1-3H3,(H,17,20)/b5-4-/t15-/m1/s1. The Morgan fingerprint density at radius 1 is 1.50 bits per heavy atom. The van der Waals surface area contributed by atoms with Crippen molar-refractivity contribution in [1.82, 2.24) is 15.2 Å². The highest BCUT2D eigenvalue weighted by Gasteiger charge is 2.23. The van der Waals surface area contributed by atoms with Crippen LogP contribution in [0, 0.1) is 12.8 Å². The Bertz CT molecular complexity index is 507. The average molecular weight is 323 g/mol. The fourth-order valence-corrected chi connectivity index (χ4v) is 3.16. The number of aromatic nitrogens is 1. The number of hydrogen-bond donors (Lipinski definition) is 1. The summed E-state index contributed by atoms with van der Waals surface area (Å²) < 4.78 is 5.40. The Kier molecular flexibility index (Phi) is 6.54. The quantitative estimate of drug-likeness (QED) is 0.813. The lowest BCUT2D eigenvalue weighted by atomic mass is 10.0. The molecule has 1 amide bonds. The molecule has 1 saturated heterocycles. The Hall–Kier alpha value is -1.24. The van der Waals surface area contributed by atoms with Gasteiger partial charge in [-0.2, -0.15) is 0 Å². The molecule has 122 valence electrons. The van der Waals surface area contributed by atoms with Crippen molar-refractivity contribution in [2.45, 2.75) is 26.8 Å². The number of nitrogens with one attached hydrogen (secondary N) is 1. The van der Waals surface area contributed by atoms with E-state index in [1.165, 1.54) is 0 Å². The van der Waals surface area contributed by atoms with Gasteiger partial charge in [0.05, 0.1) is 23.9 Å². The summed E-state index contributed by atoms with van der Waals surface area (Å²) in [6, 6.07) is 0.350. The van der Waals surface area contributed by atoms with E-state index in [9.17, 15) is 4.79 Å². The third-order valence-electron chi connectivity index (χ3n) is 3.81. The van der Waals surface area contributed by atoms with Gasteiger partial charge in [0.2, 0.25) is 5.91 Å². The summed E-state index contributed by atoms with van der Waals surface area (Å²) in [4.78, 5) is 18.7. The smallest absolute Gasteiger partial charge is 0.244 e. The van der Waals surface area contributed by atoms with Crippen LogP contribution in [0.3, 0.4) is 0 Å². The lowest BCUT2D eigenvalue weighted by Crippen LogP contribution is -2.51. The second-order valence-corrected chi connectivity index (χ2v) is 6.89. The van der Waals surface area contributed by atoms with E-state index in [2.05, 4.69) is 29.0 Å². The number of carbonyl (C=O) groups excluding carboxylic acids is 1. The molecule has 0 bridgehead atoms. The first-order valence-corrected chi connectivity index (χ1v) is 8.64. The zero-order valence-corrected chi connectivity index (χ0v) is 14.4. The fourth-order valence-electron chi connectivity index (χ4n) is 2.58. The predicted octanol–water partition coefficient (Wildman–Crippen LogP) is 1.94. The number of carbonyl (C=O) groups is 1. The molecule has 1 aromatic rings. The van der Waals surface area contributed by atoms with Crippen LogP contribution in [-0.2, 0) is 9.53 Å². The van der Waals surface area contributed by atoms with E-state index in [0.717, 1.165) is 37.0 Å². The van der Waals surface area contributed by atoms with E-state index < -0.39 is 0 Å². The monoisotopic (exact) mass is 323 g/mol. The lowest BCUT2D eigenvalue weighted by Gasteiger charge is -2.36. The maximum absolute atomic E-state index is 12.0. The fraction of sp³-hybridized carbons (Fsp3) is 0.625. The minimum absolute atomic E-state index is 0.0652. The number of amides is 1. The molecule has 2 heterocycles. The van der Waals surface area contributed by atoms with E-state index >= 15 is 0 Å². The number of ether oxygens (including phenoxy) is 1. The maximum Gasteiger partial charge on any atom is 0.244 e. The molecule has 5 nitrogen and oxygen atoms in total. The van der Waals surface area contributed by atoms with Gasteiger partial charge in [-0.05, 0) is 18.9 Å². The van der Waals surface area contributed by atoms with Gasteiger partial charge in [0, 0.05) is 37.1 Å². The molecule has 1 aliphatic heterocycles. The third-order valence-corrected chi connectivity index (χ3v) is 4.60. The van der Waals surface area contributed by atoms with Gasteiger partial charge < -0.3 is 10.1 Å². The average Bonchev–Trinajstić information content (AvgIpc) is 2.92. The molecule has 1 N–H and O–H groups in total. The van der Waals surface area contributed by atoms with Crippen molar-refractivity contribution in [3.8, 4) is 0 Å². The molecule has 0 saturated carbocycles. The van der Waals surface area contributed by atoms with Crippen molar-refractivity contribution in [2.24, 2.45) is 5.92 Å². The molecule has 0 radical (unpaired) electrons. The first kappa shape index (κ1) is 17.1. The predicted molar refractivity (Wildman–Crippen MR) is 89.9 cm³/mol. The van der Waals surface area contributed by atoms with Gasteiger partial charge in [0.15, 0.2) is 0 Å². The highest BCUT2D eigenvalue weighted by molar-refractivity contribution is 7.09. The zero-order valence-electron chi connectivity index (χ0n) is 13.5. The van der Waals surface area contributed by atoms with Crippen molar-refractivity contribution in [1.29, 1.82) is 0 Å². The van der Waals surface area contributed by atoms with E-state index in [1.54, 1.807) is 23.5 Å². The number of thiazole rings is 1. The van der Waals surface area contributed by atoms with Crippen LogP contribution in [0.1, 0.15) is 24.5 Å². The van der Waals surface area contributed by atoms with Gasteiger partial charge in [0.25, 0.3) is 0 Å². The van der Waals surface area contributed by atoms with Crippen LogP contribution in [0.5, 0.6) is 0 Å². The van der Waals surface area contributed by atoms with Crippen LogP contribution in [0.25, 0.3) is 6.08 Å². The molecule has 1 aliphatic rings. The highest BCUT2D eigenvalue weighted by atomic mass is 32.1. The molecule has 6 heteroatoms. The first-order chi connectivity index (χ1) is 10.6. The van der Waals surface area contributed by atoms with Crippen molar-refractivity contribution < 1.29 is 9.53 Å². The Morgan fingerprint density at radius 3 is 2.82 bits per heavy atom. The van der Waals surface area contributed by atoms with Gasteiger partial charge in [-0.1, -0.05) is 13.8 Å². The summed E-state index contributed by atoms with van der Waals surface area (Å²) >= 11 is 1.58. The summed E-state index contributed by atoms with van der Waals surface area (Å²) in [5, 5.41) is 5.96. The number of rotatable bonds is 6. The first-order valence-electron chi connectivity index (χ1n) is 7.76. The van der Waals surface area contributed by atoms with Gasteiger partial charge >= 0.3 is 0 Å². The summed E-state index contributed by atoms with van der Waals surface area (Å²) in [5.74, 6) is 0.424. The molecule has 0 aromatic carbocycles. The third kappa shape index (κ3) is 5.19. The van der Waals surface area contributed by atoms with Crippen LogP contribution in [0.4, 0.5) is 0 Å². The van der Waals surface area contributed by atoms with Crippen molar-refractivity contribution >= 4 is 23.3 Å². The number of hydrogen-bond acceptors (Lipinski definition) is 5. The van der Waals surface area contributed by atoms with E-state index in [0.29, 0.717) is 18.5 Å². The second kappa shape index (κ2) is 8.41. The summed E-state index contributed by atoms with van der Waals surface area (Å²) in [6.45, 7) is 10.4. The van der Waals surface area contributed by atoms with E-state index in [-0.39, 0.29) is 5.91 Å². The summed E-state index contributed by atoms with van der Waals surface area (Å²) in [6.07, 6.45) is 3.32. The van der Waals surface area contributed by atoms with Crippen LogP contribution in [0.15, 0.2) is 11.5 Å². The van der Waals surface area contributed by atoms with Crippen LogP contribution >= 0.6 is 11.3 Å². The SMILES string of the molecule is Cc1nc(/C=C\C(=O)NC[C@H](C(C)C)N2CCOCC2)cs1. The topological polar surface area (TPSA) is 54.5 Å². The summed E-state index contributed by atoms with van der Waals surface area (Å²) in [5.41, 5.74) is 0.839. The Labute approximate surface area is 136 Å². The minimum Gasteiger partial charge on any atom is -0.379 e. The number of morpholine rings is 1. The van der Waals surface area contributed by atoms with Crippen LogP contribution in [-0.4, -0.2) is 54.7 Å². The van der Waals surface area contributed by atoms with Gasteiger partial charge in [-0.15, -0.1) is 11.3 Å². The molecule has 1 fully saturated rings. The zero-order chi connectivity index (χ0) is 15.9. The normalized spacial score (nSPS) is 18.0. The molecular weight excluding hydrogens is 298 g/mol. The van der Waals surface area contributed by atoms with E-state index in [4.69, 9.17) is 4.74 Å². The lowest BCUT2D eigenvalue weighted by molar-refractivity contribution is -0.116. The van der Waals surface area contributed by atoms with Gasteiger partial charge in [0.1, 0.15) is 0 Å². The van der Waals surface area contributed by atoms with Crippen molar-refractivity contribution in [2.75, 3.05) is 32.8 Å². The van der Waals surface area contributed by atoms with Crippen LogP contribution in [0.2, 0.25) is 0 Å². The molecular formula is C16H25N3O2S. The van der Waals surface area contributed by atoms with Gasteiger partial charge in [-0.3, -0.25) is 9.69 Å². The highest BCUT2D eigenvalue weighted by Crippen LogP contribution is 2.12. The second-order valence-electron chi connectivity index (χ2n) is 5.83.